The maximum absolute atomic E-state index is 13.6. The molecular formula is C12H15BrF9I. The molecule has 0 radical (unpaired) electrons. The zero-order valence-corrected chi connectivity index (χ0v) is 15.6. The molecule has 0 aromatic carbocycles. The fourth-order valence-corrected chi connectivity index (χ4v) is 2.91. The number of hydrogen-bond donors (Lipinski definition) is 0. The second-order valence-electron chi connectivity index (χ2n) is 5.57. The van der Waals surface area contributed by atoms with Crippen LogP contribution in [0.4, 0.5) is 39.5 Å². The number of hydrogen-bond acceptors (Lipinski definition) is 0. The summed E-state index contributed by atoms with van der Waals surface area (Å²) in [7, 11) is 0. The fraction of sp³-hybridized carbons (Fsp3) is 1.00. The van der Waals surface area contributed by atoms with Crippen molar-refractivity contribution in [3.63, 3.8) is 0 Å². The molecule has 0 aromatic heterocycles. The molecule has 0 N–H and O–H groups in total. The van der Waals surface area contributed by atoms with Crippen LogP contribution in [-0.2, 0) is 0 Å². The predicted molar refractivity (Wildman–Crippen MR) is 80.1 cm³/mol. The van der Waals surface area contributed by atoms with Crippen LogP contribution >= 0.6 is 38.5 Å². The molecule has 0 bridgehead atoms. The summed E-state index contributed by atoms with van der Waals surface area (Å²) in [6.07, 6.45) is -12.0. The van der Waals surface area contributed by atoms with E-state index < -0.39 is 59.5 Å². The fourth-order valence-electron chi connectivity index (χ4n) is 2.03. The molecule has 11 heteroatoms. The van der Waals surface area contributed by atoms with Crippen molar-refractivity contribution in [3.8, 4) is 0 Å². The average Bonchev–Trinajstić information content (AvgIpc) is 2.20. The second-order valence-corrected chi connectivity index (χ2v) is 7.97. The van der Waals surface area contributed by atoms with Gasteiger partial charge >= 0.3 is 6.18 Å². The van der Waals surface area contributed by atoms with Gasteiger partial charge in [0, 0.05) is 15.7 Å². The molecule has 0 aromatic rings. The summed E-state index contributed by atoms with van der Waals surface area (Å²) >= 11 is 4.53. The lowest BCUT2D eigenvalue weighted by Crippen LogP contribution is -2.38. The van der Waals surface area contributed by atoms with Crippen LogP contribution in [0.5, 0.6) is 0 Å². The molecule has 0 amide bonds. The quantitative estimate of drug-likeness (QED) is 0.172. The van der Waals surface area contributed by atoms with Crippen molar-refractivity contribution in [2.75, 3.05) is 5.33 Å². The Kier molecular flexibility index (Phi) is 8.52. The van der Waals surface area contributed by atoms with Gasteiger partial charge in [-0.2, -0.15) is 13.2 Å². The minimum atomic E-state index is -4.99. The van der Waals surface area contributed by atoms with Crippen molar-refractivity contribution in [1.29, 1.82) is 0 Å². The highest BCUT2D eigenvalue weighted by Gasteiger charge is 2.52. The van der Waals surface area contributed by atoms with E-state index in [0.29, 0.717) is 0 Å². The minimum absolute atomic E-state index is 0.115. The monoisotopic (exact) mass is 536 g/mol. The molecule has 0 aliphatic carbocycles. The summed E-state index contributed by atoms with van der Waals surface area (Å²) in [6, 6.07) is 0. The number of rotatable bonds is 9. The normalized spacial score (nSPS) is 17.2. The van der Waals surface area contributed by atoms with Gasteiger partial charge in [-0.05, 0) is 13.3 Å². The van der Waals surface area contributed by atoms with Gasteiger partial charge in [0.1, 0.15) is 0 Å². The van der Waals surface area contributed by atoms with Crippen LogP contribution in [0.3, 0.4) is 0 Å². The third-order valence-electron chi connectivity index (χ3n) is 2.80. The summed E-state index contributed by atoms with van der Waals surface area (Å²) in [5.74, 6) is -15.3. The molecule has 2 unspecified atom stereocenters. The van der Waals surface area contributed by atoms with Crippen molar-refractivity contribution < 1.29 is 39.5 Å². The van der Waals surface area contributed by atoms with Crippen LogP contribution in [-0.4, -0.2) is 33.2 Å². The van der Waals surface area contributed by atoms with Gasteiger partial charge in [-0.1, -0.05) is 38.5 Å². The van der Waals surface area contributed by atoms with Gasteiger partial charge in [0.15, 0.2) is 0 Å². The molecule has 0 rings (SSSR count). The first-order chi connectivity index (χ1) is 9.97. The molecule has 0 saturated carbocycles. The molecule has 0 aliphatic rings. The zero-order chi connectivity index (χ0) is 18.7. The molecule has 0 saturated heterocycles. The Morgan fingerprint density at radius 1 is 0.870 bits per heavy atom. The van der Waals surface area contributed by atoms with E-state index in [1.165, 1.54) is 0 Å². The van der Waals surface area contributed by atoms with Crippen molar-refractivity contribution in [1.82, 2.24) is 0 Å². The maximum Gasteiger partial charge on any atom is 0.392 e. The van der Waals surface area contributed by atoms with Gasteiger partial charge in [-0.15, -0.1) is 0 Å². The van der Waals surface area contributed by atoms with Crippen molar-refractivity contribution in [2.45, 2.75) is 60.5 Å². The molecule has 0 fully saturated rings. The summed E-state index contributed by atoms with van der Waals surface area (Å²) in [5, 5.41) is 0.115. The smallest absolute Gasteiger partial charge is 0.207 e. The minimum Gasteiger partial charge on any atom is -0.207 e. The molecular weight excluding hydrogens is 522 g/mol. The highest BCUT2D eigenvalue weighted by atomic mass is 127. The Morgan fingerprint density at radius 2 is 1.35 bits per heavy atom. The van der Waals surface area contributed by atoms with E-state index in [1.807, 2.05) is 0 Å². The first-order valence-electron chi connectivity index (χ1n) is 6.38. The molecule has 0 nitrogen and oxygen atoms in total. The Labute approximate surface area is 149 Å². The van der Waals surface area contributed by atoms with Crippen LogP contribution in [0.1, 0.15) is 32.6 Å². The van der Waals surface area contributed by atoms with E-state index >= 15 is 0 Å². The van der Waals surface area contributed by atoms with E-state index in [1.54, 1.807) is 22.6 Å². The Bertz CT molecular complexity index is 365. The Balaban J connectivity index is 5.03. The highest BCUT2D eigenvalue weighted by Crippen LogP contribution is 2.44. The summed E-state index contributed by atoms with van der Waals surface area (Å²) in [4.78, 5) is 0. The topological polar surface area (TPSA) is 0 Å². The highest BCUT2D eigenvalue weighted by molar-refractivity contribution is 14.1. The van der Waals surface area contributed by atoms with Crippen molar-refractivity contribution in [3.05, 3.63) is 0 Å². The number of alkyl halides is 11. The van der Waals surface area contributed by atoms with E-state index in [9.17, 15) is 39.5 Å². The lowest BCUT2D eigenvalue weighted by atomic mass is 9.91. The largest absolute Gasteiger partial charge is 0.392 e. The SMILES string of the molecule is CC(F)(F)CC(F)(F)CC(F)(F)CC(CC(I)CBr)C(F)(F)F. The van der Waals surface area contributed by atoms with Crippen LogP contribution in [0.25, 0.3) is 0 Å². The van der Waals surface area contributed by atoms with E-state index in [-0.39, 0.29) is 12.3 Å². The van der Waals surface area contributed by atoms with Crippen molar-refractivity contribution in [2.24, 2.45) is 5.92 Å². The molecule has 23 heavy (non-hydrogen) atoms. The van der Waals surface area contributed by atoms with Gasteiger partial charge in [0.25, 0.3) is 17.8 Å². The second kappa shape index (κ2) is 8.31. The van der Waals surface area contributed by atoms with Crippen LogP contribution < -0.4 is 0 Å². The van der Waals surface area contributed by atoms with Gasteiger partial charge < -0.3 is 0 Å². The maximum atomic E-state index is 13.6. The number of halogens is 11. The van der Waals surface area contributed by atoms with E-state index in [0.717, 1.165) is 0 Å². The molecule has 2 atom stereocenters. The van der Waals surface area contributed by atoms with Gasteiger partial charge in [0.2, 0.25) is 0 Å². The van der Waals surface area contributed by atoms with E-state index in [4.69, 9.17) is 0 Å². The molecule has 0 heterocycles. The lowest BCUT2D eigenvalue weighted by molar-refractivity contribution is -0.208. The Morgan fingerprint density at radius 3 is 1.70 bits per heavy atom. The molecule has 140 valence electrons. The van der Waals surface area contributed by atoms with Crippen molar-refractivity contribution >= 4 is 38.5 Å². The summed E-state index contributed by atoms with van der Waals surface area (Å²) in [6.45, 7) is 0.133. The average molecular weight is 537 g/mol. The van der Waals surface area contributed by atoms with Gasteiger partial charge in [-0.3, -0.25) is 0 Å². The third-order valence-corrected chi connectivity index (χ3v) is 5.74. The van der Waals surface area contributed by atoms with Gasteiger partial charge in [-0.25, -0.2) is 26.3 Å². The van der Waals surface area contributed by atoms with Crippen LogP contribution in [0.15, 0.2) is 0 Å². The zero-order valence-electron chi connectivity index (χ0n) is 11.8. The molecule has 0 aliphatic heterocycles. The summed E-state index contributed by atoms with van der Waals surface area (Å²) in [5.41, 5.74) is 0. The summed E-state index contributed by atoms with van der Waals surface area (Å²) < 4.78 is 117. The lowest BCUT2D eigenvalue weighted by Gasteiger charge is -2.29. The predicted octanol–water partition coefficient (Wildman–Crippen LogP) is 6.85. The van der Waals surface area contributed by atoms with Crippen LogP contribution in [0, 0.1) is 5.92 Å². The first-order valence-corrected chi connectivity index (χ1v) is 8.74. The molecule has 0 spiro atoms. The standard InChI is InChI=1S/C12H15BrF9I/c1-9(14,15)5-11(18,19)6-10(16,17)3-7(12(20,21)22)2-8(23)4-13/h7-8H,2-6H2,1H3. The van der Waals surface area contributed by atoms with Gasteiger partial charge in [0.05, 0.1) is 18.8 Å². The van der Waals surface area contributed by atoms with Crippen LogP contribution in [0.2, 0.25) is 0 Å². The third kappa shape index (κ3) is 10.9. The Hall–Kier alpha value is 0.580. The van der Waals surface area contributed by atoms with E-state index in [2.05, 4.69) is 15.9 Å². The first kappa shape index (κ1) is 23.6.